The van der Waals surface area contributed by atoms with Gasteiger partial charge in [-0.2, -0.15) is 0 Å². The second-order valence-electron chi connectivity index (χ2n) is 16.1. The second kappa shape index (κ2) is 20.5. The first-order valence-corrected chi connectivity index (χ1v) is 20.9. The molecule has 1 aromatic carbocycles. The Hall–Kier alpha value is -4.63. The average Bonchev–Trinajstić information content (AvgIpc) is 3.69. The van der Waals surface area contributed by atoms with Crippen LogP contribution >= 0.6 is 0 Å². The van der Waals surface area contributed by atoms with Crippen molar-refractivity contribution in [2.75, 3.05) is 20.8 Å². The number of hydrogen-bond acceptors (Lipinski definition) is 14. The summed E-state index contributed by atoms with van der Waals surface area (Å²) in [6.45, 7) is 7.32. The first kappa shape index (κ1) is 45.9. The fraction of sp³-hybridized carbons (Fsp3) is 0.643. The van der Waals surface area contributed by atoms with Gasteiger partial charge in [-0.15, -0.1) is 0 Å². The Bertz CT molecular complexity index is 1980. The number of rotatable bonds is 19. The van der Waals surface area contributed by atoms with Gasteiger partial charge < -0.3 is 59.0 Å². The molecule has 0 aliphatic carbocycles. The van der Waals surface area contributed by atoms with Gasteiger partial charge in [-0.3, -0.25) is 23.7 Å². The number of carbonyl (C=O) groups is 3. The van der Waals surface area contributed by atoms with Crippen LogP contribution in [0.1, 0.15) is 84.4 Å². The minimum atomic E-state index is -1.63. The molecule has 19 heteroatoms. The maximum absolute atomic E-state index is 14.1. The summed E-state index contributed by atoms with van der Waals surface area (Å²) in [5.41, 5.74) is 5.44. The molecule has 0 spiro atoms. The van der Waals surface area contributed by atoms with Crippen LogP contribution in [0.15, 0.2) is 58.0 Å². The monoisotopic (exact) mass is 857 g/mol. The van der Waals surface area contributed by atoms with Crippen LogP contribution in [0.2, 0.25) is 0 Å². The van der Waals surface area contributed by atoms with Crippen LogP contribution in [-0.2, 0) is 65.6 Å². The molecule has 0 unspecified atom stereocenters. The van der Waals surface area contributed by atoms with Crippen LogP contribution in [0.3, 0.4) is 0 Å². The van der Waals surface area contributed by atoms with E-state index in [2.05, 4.69) is 17.6 Å². The molecule has 2 aromatic rings. The van der Waals surface area contributed by atoms with E-state index in [-0.39, 0.29) is 37.7 Å². The number of benzene rings is 1. The lowest BCUT2D eigenvalue weighted by molar-refractivity contribution is -0.241. The maximum Gasteiger partial charge on any atom is 0.335 e. The molecule has 4 aliphatic heterocycles. The van der Waals surface area contributed by atoms with E-state index in [0.29, 0.717) is 25.0 Å². The molecule has 3 saturated heterocycles. The number of hydrogen-bond donors (Lipinski definition) is 3. The number of fused-ring (bicyclic) bond motifs is 1. The first-order valence-electron chi connectivity index (χ1n) is 20.9. The Morgan fingerprint density at radius 2 is 1.80 bits per heavy atom. The van der Waals surface area contributed by atoms with Gasteiger partial charge in [0.2, 0.25) is 18.1 Å². The number of primary amides is 1. The van der Waals surface area contributed by atoms with Gasteiger partial charge in [0.15, 0.2) is 30.0 Å². The number of nitrogens with one attached hydrogen (secondary N) is 2. The normalized spacial score (nSPS) is 28.8. The molecular weight excluding hydrogens is 798 g/mol. The van der Waals surface area contributed by atoms with Gasteiger partial charge in [0, 0.05) is 32.0 Å². The second-order valence-corrected chi connectivity index (χ2v) is 16.1. The number of nitrogens with zero attached hydrogens (tertiary/aromatic N) is 2. The SMILES string of the molecule is CCCCCCO[C@@H]1[C@H](OC)[C@@H]([C@@H](O[C@H]2OC(C(=O)N[C@H]3CCC[C@@H](C)NC3=O)=C[C@@H]3OC(C)(C)O[C@H]23)C(N)=O)O[C@H]1n1ccc(=O)n(COCc2ccc(OC)cc2)c1=O. The molecule has 61 heavy (non-hydrogen) atoms. The van der Waals surface area contributed by atoms with E-state index >= 15 is 0 Å². The molecule has 4 aliphatic rings. The highest BCUT2D eigenvalue weighted by molar-refractivity contribution is 5.95. The van der Waals surface area contributed by atoms with E-state index in [1.54, 1.807) is 45.2 Å². The van der Waals surface area contributed by atoms with Gasteiger partial charge in [-0.1, -0.05) is 38.3 Å². The van der Waals surface area contributed by atoms with Crippen molar-refractivity contribution in [3.8, 4) is 5.75 Å². The summed E-state index contributed by atoms with van der Waals surface area (Å²) < 4.78 is 56.6. The predicted octanol–water partition coefficient (Wildman–Crippen LogP) is 1.88. The summed E-state index contributed by atoms with van der Waals surface area (Å²) in [6, 6.07) is 7.50. The Morgan fingerprint density at radius 3 is 2.51 bits per heavy atom. The van der Waals surface area contributed by atoms with Gasteiger partial charge in [-0.25, -0.2) is 9.36 Å². The van der Waals surface area contributed by atoms with Gasteiger partial charge in [0.05, 0.1) is 13.7 Å². The van der Waals surface area contributed by atoms with Crippen molar-refractivity contribution < 1.29 is 57.0 Å². The van der Waals surface area contributed by atoms with Crippen molar-refractivity contribution >= 4 is 17.7 Å². The number of methoxy groups -OCH3 is 2. The van der Waals surface area contributed by atoms with Crippen molar-refractivity contribution in [2.24, 2.45) is 5.73 Å². The number of unbranched alkanes of at least 4 members (excludes halogenated alkanes) is 3. The summed E-state index contributed by atoms with van der Waals surface area (Å²) in [5, 5.41) is 5.63. The third-order valence-corrected chi connectivity index (χ3v) is 11.0. The quantitative estimate of drug-likeness (QED) is 0.172. The molecule has 6 rings (SSSR count). The molecule has 0 radical (unpaired) electrons. The lowest BCUT2D eigenvalue weighted by Crippen LogP contribution is -2.54. The van der Waals surface area contributed by atoms with Crippen LogP contribution in [0.25, 0.3) is 0 Å². The summed E-state index contributed by atoms with van der Waals surface area (Å²) in [7, 11) is 2.95. The minimum Gasteiger partial charge on any atom is -0.497 e. The van der Waals surface area contributed by atoms with E-state index in [0.717, 1.165) is 35.8 Å². The highest BCUT2D eigenvalue weighted by Gasteiger charge is 2.56. The van der Waals surface area contributed by atoms with Gasteiger partial charge in [0.25, 0.3) is 11.5 Å². The van der Waals surface area contributed by atoms with Crippen molar-refractivity contribution in [1.29, 1.82) is 0 Å². The fourth-order valence-electron chi connectivity index (χ4n) is 7.91. The molecule has 3 fully saturated rings. The Labute approximate surface area is 354 Å². The molecule has 5 heterocycles. The number of aromatic nitrogens is 2. The average molecular weight is 858 g/mol. The number of ether oxygens (including phenoxy) is 9. The third-order valence-electron chi connectivity index (χ3n) is 11.0. The molecule has 1 aromatic heterocycles. The van der Waals surface area contributed by atoms with E-state index in [1.807, 2.05) is 6.92 Å². The zero-order chi connectivity index (χ0) is 43.8. The van der Waals surface area contributed by atoms with Crippen LogP contribution in [0.5, 0.6) is 5.75 Å². The minimum absolute atomic E-state index is 0.0373. The van der Waals surface area contributed by atoms with Crippen LogP contribution < -0.4 is 32.4 Å². The van der Waals surface area contributed by atoms with Crippen LogP contribution in [0, 0.1) is 0 Å². The zero-order valence-corrected chi connectivity index (χ0v) is 35.6. The van der Waals surface area contributed by atoms with Crippen LogP contribution in [-0.4, -0.2) is 108 Å². The molecule has 4 N–H and O–H groups in total. The van der Waals surface area contributed by atoms with Crippen molar-refractivity contribution in [2.45, 2.75) is 153 Å². The molecule has 3 amide bonds. The standard InChI is InChI=1S/C42H59N5O14/c1-7-8-9-10-20-56-35-32(54-6)33(58-39(35)46-19-18-30(48)47(41(46)52)23-55-22-25-14-16-26(53-5)17-15-25)34(36(43)49)59-40-31-28(60-42(3,4)61-31)21-29(57-40)38(51)45-27-13-11-12-24(2)44-37(27)50/h14-19,21,24,27-28,31-35,39-40H,7-13,20,22-23H2,1-6H3,(H2,43,49)(H,44,50)(H,45,51)/t24-,27+,28+,31+,32-,33+,34-,35-,39-,40-/m1/s1. The Morgan fingerprint density at radius 1 is 1.03 bits per heavy atom. The van der Waals surface area contributed by atoms with Crippen molar-refractivity contribution in [1.82, 2.24) is 19.8 Å². The molecule has 19 nitrogen and oxygen atoms in total. The highest BCUT2D eigenvalue weighted by atomic mass is 16.8. The number of nitrogens with two attached hydrogens (primary N) is 1. The van der Waals surface area contributed by atoms with Gasteiger partial charge in [-0.05, 0) is 70.2 Å². The smallest absolute Gasteiger partial charge is 0.335 e. The third kappa shape index (κ3) is 11.1. The molecule has 0 bridgehead atoms. The van der Waals surface area contributed by atoms with Crippen molar-refractivity contribution in [3.05, 3.63) is 74.8 Å². The Balaban J connectivity index is 1.26. The molecular formula is C42H59N5O14. The van der Waals surface area contributed by atoms with Crippen molar-refractivity contribution in [3.63, 3.8) is 0 Å². The number of amides is 3. The van der Waals surface area contributed by atoms with E-state index in [4.69, 9.17) is 48.4 Å². The summed E-state index contributed by atoms with van der Waals surface area (Å²) in [5.74, 6) is -2.69. The lowest BCUT2D eigenvalue weighted by atomic mass is 10.0. The zero-order valence-electron chi connectivity index (χ0n) is 35.6. The van der Waals surface area contributed by atoms with E-state index < -0.39 is 84.0 Å². The summed E-state index contributed by atoms with van der Waals surface area (Å²) >= 11 is 0. The fourth-order valence-corrected chi connectivity index (χ4v) is 7.91. The lowest BCUT2D eigenvalue weighted by Gasteiger charge is -2.35. The Kier molecular flexibility index (Phi) is 15.4. The first-order chi connectivity index (χ1) is 29.2. The molecule has 10 atom stereocenters. The predicted molar refractivity (Wildman–Crippen MR) is 216 cm³/mol. The summed E-state index contributed by atoms with van der Waals surface area (Å²) in [6.07, 6.45) is -1.39. The van der Waals surface area contributed by atoms with Gasteiger partial charge >= 0.3 is 5.69 Å². The molecule has 336 valence electrons. The largest absolute Gasteiger partial charge is 0.497 e. The van der Waals surface area contributed by atoms with Gasteiger partial charge in [0.1, 0.15) is 42.9 Å². The topological polar surface area (TPSA) is 228 Å². The highest BCUT2D eigenvalue weighted by Crippen LogP contribution is 2.40. The maximum atomic E-state index is 14.1. The number of carbonyl (C=O) groups excluding carboxylic acids is 3. The van der Waals surface area contributed by atoms with E-state index in [9.17, 15) is 24.0 Å². The van der Waals surface area contributed by atoms with Crippen LogP contribution in [0.4, 0.5) is 0 Å². The molecule has 0 saturated carbocycles. The van der Waals surface area contributed by atoms with E-state index in [1.165, 1.54) is 30.0 Å². The summed E-state index contributed by atoms with van der Waals surface area (Å²) in [4.78, 5) is 67.1.